The first-order valence-corrected chi connectivity index (χ1v) is 13.0. The molecular weight excluding hydrogens is 474 g/mol. The first-order valence-electron chi connectivity index (χ1n) is 13.0. The van der Waals surface area contributed by atoms with Crippen LogP contribution in [0.25, 0.3) is 0 Å². The number of carbonyl (C=O) groups excluding carboxylic acids is 1. The number of benzene rings is 2. The molecule has 0 saturated carbocycles. The van der Waals surface area contributed by atoms with Crippen molar-refractivity contribution in [3.05, 3.63) is 77.0 Å². The fourth-order valence-corrected chi connectivity index (χ4v) is 5.10. The molecule has 5 rings (SSSR count). The van der Waals surface area contributed by atoms with Gasteiger partial charge in [-0.1, -0.05) is 44.2 Å². The zero-order valence-corrected chi connectivity index (χ0v) is 21.3. The molecule has 3 heterocycles. The average molecular weight is 507 g/mol. The summed E-state index contributed by atoms with van der Waals surface area (Å²) in [6.07, 6.45) is 3.37. The number of nitrogens with zero attached hydrogens (tertiary/aromatic N) is 4. The van der Waals surface area contributed by atoms with Crippen molar-refractivity contribution in [2.75, 3.05) is 24.5 Å². The Kier molecular flexibility index (Phi) is 7.35. The third-order valence-electron chi connectivity index (χ3n) is 7.40. The lowest BCUT2D eigenvalue weighted by Gasteiger charge is -2.34. The molecule has 0 aliphatic carbocycles. The molecule has 2 aromatic carbocycles. The van der Waals surface area contributed by atoms with E-state index in [1.807, 2.05) is 42.2 Å². The van der Waals surface area contributed by atoms with Gasteiger partial charge in [0.05, 0.1) is 23.7 Å². The maximum atomic E-state index is 13.9. The van der Waals surface area contributed by atoms with Crippen LogP contribution in [-0.4, -0.2) is 40.4 Å². The monoisotopic (exact) mass is 506 g/mol. The molecule has 1 amide bonds. The minimum absolute atomic E-state index is 0.0484. The topological polar surface area (TPSA) is 58.6 Å². The lowest BCUT2D eigenvalue weighted by molar-refractivity contribution is -0.133. The van der Waals surface area contributed by atoms with Gasteiger partial charge in [0, 0.05) is 32.1 Å². The molecule has 6 nitrogen and oxygen atoms in total. The highest BCUT2D eigenvalue weighted by Gasteiger charge is 2.31. The third kappa shape index (κ3) is 5.43. The standard InChI is InChI=1S/C29H32F2N4O2/c1-3-22(20-7-5-4-6-8-20)28(36)35-16-13-26-23(18-35)27(37-21-9-10-24(30)25(31)17-21)33-29(32-26)34-14-11-19(2)12-15-34/h4-10,17,19,22H,3,11-16,18H2,1-2H3. The van der Waals surface area contributed by atoms with E-state index in [4.69, 9.17) is 14.7 Å². The summed E-state index contributed by atoms with van der Waals surface area (Å²) in [5.74, 6) is -0.450. The molecule has 1 saturated heterocycles. The predicted molar refractivity (Wildman–Crippen MR) is 138 cm³/mol. The number of piperidine rings is 1. The second-order valence-corrected chi connectivity index (χ2v) is 9.98. The number of carbonyl (C=O) groups is 1. The Morgan fingerprint density at radius 3 is 2.51 bits per heavy atom. The molecule has 1 unspecified atom stereocenters. The Hall–Kier alpha value is -3.55. The van der Waals surface area contributed by atoms with Crippen LogP contribution in [0.15, 0.2) is 48.5 Å². The highest BCUT2D eigenvalue weighted by Crippen LogP contribution is 2.34. The summed E-state index contributed by atoms with van der Waals surface area (Å²) in [5, 5.41) is 0. The Balaban J connectivity index is 1.47. The van der Waals surface area contributed by atoms with E-state index in [1.165, 1.54) is 6.07 Å². The quantitative estimate of drug-likeness (QED) is 0.419. The van der Waals surface area contributed by atoms with Crippen molar-refractivity contribution in [1.82, 2.24) is 14.9 Å². The van der Waals surface area contributed by atoms with E-state index in [2.05, 4.69) is 11.8 Å². The fraction of sp³-hybridized carbons (Fsp3) is 0.414. The van der Waals surface area contributed by atoms with Gasteiger partial charge in [0.1, 0.15) is 5.75 Å². The maximum Gasteiger partial charge on any atom is 0.230 e. The Morgan fingerprint density at radius 1 is 1.05 bits per heavy atom. The van der Waals surface area contributed by atoms with Gasteiger partial charge >= 0.3 is 0 Å². The molecule has 1 fully saturated rings. The van der Waals surface area contributed by atoms with Crippen LogP contribution in [0.1, 0.15) is 55.8 Å². The van der Waals surface area contributed by atoms with Crippen LogP contribution >= 0.6 is 0 Å². The number of ether oxygens (including phenoxy) is 1. The Labute approximate surface area is 216 Å². The Morgan fingerprint density at radius 2 is 1.81 bits per heavy atom. The van der Waals surface area contributed by atoms with Gasteiger partial charge < -0.3 is 14.5 Å². The molecular formula is C29H32F2N4O2. The molecule has 1 aromatic heterocycles. The maximum absolute atomic E-state index is 13.9. The summed E-state index contributed by atoms with van der Waals surface area (Å²) < 4.78 is 33.5. The summed E-state index contributed by atoms with van der Waals surface area (Å²) in [6, 6.07) is 13.2. The van der Waals surface area contributed by atoms with Crippen LogP contribution in [0.4, 0.5) is 14.7 Å². The number of halogens is 2. The summed E-state index contributed by atoms with van der Waals surface area (Å²) in [6.45, 7) is 6.81. The number of anilines is 1. The van der Waals surface area contributed by atoms with Gasteiger partial charge in [0.25, 0.3) is 0 Å². The SMILES string of the molecule is CCC(C(=O)N1CCc2nc(N3CCC(C)CC3)nc(Oc3ccc(F)c(F)c3)c2C1)c1ccccc1. The summed E-state index contributed by atoms with van der Waals surface area (Å²) in [7, 11) is 0. The molecule has 0 bridgehead atoms. The van der Waals surface area contributed by atoms with Gasteiger partial charge in [-0.3, -0.25) is 4.79 Å². The first-order chi connectivity index (χ1) is 17.9. The lowest BCUT2D eigenvalue weighted by atomic mass is 9.94. The highest BCUT2D eigenvalue weighted by atomic mass is 19.2. The molecule has 8 heteroatoms. The van der Waals surface area contributed by atoms with E-state index in [0.717, 1.165) is 49.3 Å². The normalized spacial score (nSPS) is 16.9. The van der Waals surface area contributed by atoms with Gasteiger partial charge in [0.15, 0.2) is 11.6 Å². The van der Waals surface area contributed by atoms with Crippen molar-refractivity contribution < 1.29 is 18.3 Å². The van der Waals surface area contributed by atoms with E-state index in [0.29, 0.717) is 43.4 Å². The van der Waals surface area contributed by atoms with Crippen LogP contribution in [0.3, 0.4) is 0 Å². The molecule has 2 aliphatic rings. The number of amides is 1. The van der Waals surface area contributed by atoms with Crippen molar-refractivity contribution in [3.63, 3.8) is 0 Å². The molecule has 1 atom stereocenters. The molecule has 2 aliphatic heterocycles. The summed E-state index contributed by atoms with van der Waals surface area (Å²) in [4.78, 5) is 27.2. The van der Waals surface area contributed by atoms with Crippen molar-refractivity contribution in [1.29, 1.82) is 0 Å². The van der Waals surface area contributed by atoms with Gasteiger partial charge in [0.2, 0.25) is 17.7 Å². The minimum atomic E-state index is -0.990. The highest BCUT2D eigenvalue weighted by molar-refractivity contribution is 5.84. The van der Waals surface area contributed by atoms with E-state index in [9.17, 15) is 13.6 Å². The number of aromatic nitrogens is 2. The largest absolute Gasteiger partial charge is 0.438 e. The van der Waals surface area contributed by atoms with E-state index in [1.54, 1.807) is 0 Å². The minimum Gasteiger partial charge on any atom is -0.438 e. The Bertz CT molecular complexity index is 1260. The summed E-state index contributed by atoms with van der Waals surface area (Å²) >= 11 is 0. The van der Waals surface area contributed by atoms with Gasteiger partial charge in [-0.2, -0.15) is 4.98 Å². The van der Waals surface area contributed by atoms with Crippen molar-refractivity contribution in [2.24, 2.45) is 5.92 Å². The van der Waals surface area contributed by atoms with Gasteiger partial charge in [-0.05, 0) is 42.9 Å². The molecule has 3 aromatic rings. The van der Waals surface area contributed by atoms with Crippen LogP contribution in [-0.2, 0) is 17.8 Å². The van der Waals surface area contributed by atoms with Crippen LogP contribution in [0.5, 0.6) is 11.6 Å². The number of rotatable bonds is 6. The van der Waals surface area contributed by atoms with Crippen LogP contribution < -0.4 is 9.64 Å². The first kappa shape index (κ1) is 25.1. The fourth-order valence-electron chi connectivity index (χ4n) is 5.10. The second-order valence-electron chi connectivity index (χ2n) is 9.98. The summed E-state index contributed by atoms with van der Waals surface area (Å²) in [5.41, 5.74) is 2.53. The molecule has 37 heavy (non-hydrogen) atoms. The van der Waals surface area contributed by atoms with Gasteiger partial charge in [-0.25, -0.2) is 13.8 Å². The van der Waals surface area contributed by atoms with Crippen LogP contribution in [0, 0.1) is 17.6 Å². The van der Waals surface area contributed by atoms with E-state index >= 15 is 0 Å². The van der Waals surface area contributed by atoms with Crippen molar-refractivity contribution >= 4 is 11.9 Å². The van der Waals surface area contributed by atoms with Gasteiger partial charge in [-0.15, -0.1) is 0 Å². The number of hydrogen-bond acceptors (Lipinski definition) is 5. The average Bonchev–Trinajstić information content (AvgIpc) is 2.92. The second kappa shape index (κ2) is 10.8. The predicted octanol–water partition coefficient (Wildman–Crippen LogP) is 5.86. The molecule has 194 valence electrons. The molecule has 0 radical (unpaired) electrons. The smallest absolute Gasteiger partial charge is 0.230 e. The van der Waals surface area contributed by atoms with E-state index < -0.39 is 11.6 Å². The zero-order chi connectivity index (χ0) is 25.9. The van der Waals surface area contributed by atoms with Crippen LogP contribution in [0.2, 0.25) is 0 Å². The number of hydrogen-bond donors (Lipinski definition) is 0. The lowest BCUT2D eigenvalue weighted by Crippen LogP contribution is -2.40. The van der Waals surface area contributed by atoms with Crippen molar-refractivity contribution in [3.8, 4) is 11.6 Å². The third-order valence-corrected chi connectivity index (χ3v) is 7.40. The number of fused-ring (bicyclic) bond motifs is 1. The van der Waals surface area contributed by atoms with Crippen molar-refractivity contribution in [2.45, 2.75) is 52.0 Å². The zero-order valence-electron chi connectivity index (χ0n) is 21.3. The molecule has 0 spiro atoms. The molecule has 0 N–H and O–H groups in total. The van der Waals surface area contributed by atoms with E-state index in [-0.39, 0.29) is 23.5 Å².